The van der Waals surface area contributed by atoms with E-state index in [1.807, 2.05) is 13.8 Å². The number of halogens is 1. The molecule has 7 nitrogen and oxygen atoms in total. The van der Waals surface area contributed by atoms with Crippen LogP contribution in [0.15, 0.2) is 17.1 Å². The first-order valence-corrected chi connectivity index (χ1v) is 12.5. The van der Waals surface area contributed by atoms with Crippen molar-refractivity contribution >= 4 is 36.9 Å². The molecule has 0 fully saturated rings. The molecule has 28 heavy (non-hydrogen) atoms. The van der Waals surface area contributed by atoms with Crippen LogP contribution in [0.25, 0.3) is 11.0 Å². The summed E-state index contributed by atoms with van der Waals surface area (Å²) in [6.45, 7) is 15.2. The molecule has 1 atom stereocenters. The van der Waals surface area contributed by atoms with Crippen LogP contribution in [0.2, 0.25) is 23.3 Å². The number of carbonyl (C=O) groups is 1. The largest absolute Gasteiger partial charge is 0.477 e. The summed E-state index contributed by atoms with van der Waals surface area (Å²) in [5.74, 6) is -1.18. The van der Waals surface area contributed by atoms with Crippen molar-refractivity contribution in [3.05, 3.63) is 33.2 Å². The highest BCUT2D eigenvalue weighted by atomic mass is 35.5. The molecule has 2 aromatic rings. The number of aromatic carboxylic acids is 1. The van der Waals surface area contributed by atoms with Crippen LogP contribution in [-0.4, -0.2) is 40.8 Å². The fraction of sp³-hybridized carbons (Fsp3) is 0.579. The minimum absolute atomic E-state index is 0.0392. The lowest BCUT2D eigenvalue weighted by atomic mass is 10.0. The molecule has 0 aliphatic rings. The van der Waals surface area contributed by atoms with Gasteiger partial charge in [0, 0.05) is 6.20 Å². The predicted octanol–water partition coefficient (Wildman–Crippen LogP) is 4.36. The molecular weight excluding hydrogens is 398 g/mol. The average Bonchev–Trinajstić information content (AvgIpc) is 2.55. The molecule has 0 aliphatic heterocycles. The second kappa shape index (κ2) is 7.92. The third-order valence-electron chi connectivity index (χ3n) is 5.52. The Hall–Kier alpha value is -1.77. The van der Waals surface area contributed by atoms with Crippen LogP contribution in [0.5, 0.6) is 0 Å². The van der Waals surface area contributed by atoms with Crippen LogP contribution in [-0.2, 0) is 4.43 Å². The number of carboxylic acid groups (broad SMARTS) is 1. The van der Waals surface area contributed by atoms with Crippen molar-refractivity contribution in [2.75, 3.05) is 6.61 Å². The minimum Gasteiger partial charge on any atom is -0.477 e. The number of fused-ring (bicyclic) bond motifs is 1. The highest BCUT2D eigenvalue weighted by molar-refractivity contribution is 6.74. The average molecular weight is 426 g/mol. The van der Waals surface area contributed by atoms with E-state index in [0.717, 1.165) is 0 Å². The molecule has 0 spiro atoms. The third-order valence-corrected chi connectivity index (χ3v) is 10.2. The number of rotatable bonds is 6. The molecule has 2 heterocycles. The van der Waals surface area contributed by atoms with Crippen LogP contribution < -0.4 is 5.43 Å². The van der Waals surface area contributed by atoms with E-state index in [2.05, 4.69) is 44.1 Å². The predicted molar refractivity (Wildman–Crippen MR) is 113 cm³/mol. The molecule has 0 bridgehead atoms. The summed E-state index contributed by atoms with van der Waals surface area (Å²) in [4.78, 5) is 24.2. The molecular formula is C19H28ClN3O4Si. The number of pyridine rings is 1. The van der Waals surface area contributed by atoms with Gasteiger partial charge in [-0.3, -0.25) is 4.79 Å². The minimum atomic E-state index is -2.02. The molecule has 9 heteroatoms. The van der Waals surface area contributed by atoms with Crippen molar-refractivity contribution < 1.29 is 14.3 Å². The molecule has 0 aromatic carbocycles. The Morgan fingerprint density at radius 1 is 1.32 bits per heavy atom. The number of carboxylic acids is 1. The zero-order valence-corrected chi connectivity index (χ0v) is 19.2. The van der Waals surface area contributed by atoms with Gasteiger partial charge in [0.15, 0.2) is 19.1 Å². The highest BCUT2D eigenvalue weighted by Gasteiger charge is 2.38. The molecule has 1 unspecified atom stereocenters. The maximum absolute atomic E-state index is 12.6. The molecule has 0 amide bonds. The molecule has 2 aromatic heterocycles. The summed E-state index contributed by atoms with van der Waals surface area (Å²) in [5.41, 5.74) is -0.644. The van der Waals surface area contributed by atoms with E-state index >= 15 is 0 Å². The van der Waals surface area contributed by atoms with Crippen LogP contribution in [0.4, 0.5) is 0 Å². The number of nitrogens with zero attached hydrogens (tertiary/aromatic N) is 3. The zero-order chi connectivity index (χ0) is 21.4. The Balaban J connectivity index is 2.63. The molecule has 0 saturated heterocycles. The van der Waals surface area contributed by atoms with Gasteiger partial charge in [0.2, 0.25) is 5.43 Å². The zero-order valence-electron chi connectivity index (χ0n) is 17.4. The van der Waals surface area contributed by atoms with Gasteiger partial charge in [0.1, 0.15) is 5.56 Å². The Labute approximate surface area is 170 Å². The van der Waals surface area contributed by atoms with Gasteiger partial charge in [-0.1, -0.05) is 46.2 Å². The normalized spacial score (nSPS) is 13.9. The van der Waals surface area contributed by atoms with E-state index in [4.69, 9.17) is 16.0 Å². The van der Waals surface area contributed by atoms with Crippen molar-refractivity contribution in [1.29, 1.82) is 0 Å². The maximum Gasteiger partial charge on any atom is 0.341 e. The number of hydrogen-bond acceptors (Lipinski definition) is 5. The van der Waals surface area contributed by atoms with Gasteiger partial charge in [0.25, 0.3) is 0 Å². The topological polar surface area (TPSA) is 94.3 Å². The first kappa shape index (κ1) is 22.5. The summed E-state index contributed by atoms with van der Waals surface area (Å²) in [6.07, 6.45) is 1.34. The van der Waals surface area contributed by atoms with E-state index in [-0.39, 0.29) is 33.1 Å². The van der Waals surface area contributed by atoms with Crippen molar-refractivity contribution in [3.63, 3.8) is 0 Å². The molecule has 0 aliphatic carbocycles. The van der Waals surface area contributed by atoms with Gasteiger partial charge >= 0.3 is 5.97 Å². The molecule has 2 rings (SSSR count). The van der Waals surface area contributed by atoms with E-state index in [9.17, 15) is 14.7 Å². The summed E-state index contributed by atoms with van der Waals surface area (Å²) < 4.78 is 8.09. The standard InChI is InChI=1S/C19H28ClN3O4Si/c1-11(2)14(10-27-28(6,7)19(3,4)5)23-9-13(18(25)26)16(24)12-8-15(20)21-22-17(12)23/h8-9,11,14H,10H2,1-7H3,(H,25,26). The monoisotopic (exact) mass is 425 g/mol. The quantitative estimate of drug-likeness (QED) is 0.691. The Kier molecular flexibility index (Phi) is 6.37. The highest BCUT2D eigenvalue weighted by Crippen LogP contribution is 2.37. The first-order chi connectivity index (χ1) is 12.8. The lowest BCUT2D eigenvalue weighted by molar-refractivity contribution is 0.0694. The van der Waals surface area contributed by atoms with Crippen molar-refractivity contribution in [2.24, 2.45) is 5.92 Å². The van der Waals surface area contributed by atoms with Crippen molar-refractivity contribution in [3.8, 4) is 0 Å². The van der Waals surface area contributed by atoms with Gasteiger partial charge in [0.05, 0.1) is 18.0 Å². The second-order valence-electron chi connectivity index (χ2n) is 8.87. The van der Waals surface area contributed by atoms with Gasteiger partial charge in [-0.05, 0) is 30.1 Å². The third kappa shape index (κ3) is 4.44. The maximum atomic E-state index is 12.6. The van der Waals surface area contributed by atoms with E-state index in [1.165, 1.54) is 12.3 Å². The molecule has 0 saturated carbocycles. The fourth-order valence-corrected chi connectivity index (χ4v) is 3.80. The van der Waals surface area contributed by atoms with E-state index in [1.54, 1.807) is 4.57 Å². The lowest BCUT2D eigenvalue weighted by Crippen LogP contribution is -2.42. The molecule has 154 valence electrons. The van der Waals surface area contributed by atoms with E-state index in [0.29, 0.717) is 12.3 Å². The smallest absolute Gasteiger partial charge is 0.341 e. The number of aromatic nitrogens is 3. The van der Waals surface area contributed by atoms with Gasteiger partial charge in [-0.15, -0.1) is 10.2 Å². The lowest BCUT2D eigenvalue weighted by Gasteiger charge is -2.38. The second-order valence-corrected chi connectivity index (χ2v) is 14.1. The fourth-order valence-electron chi connectivity index (χ4n) is 2.63. The Morgan fingerprint density at radius 2 is 1.93 bits per heavy atom. The SMILES string of the molecule is CC(C)C(CO[Si](C)(C)C(C)(C)C)n1cc(C(=O)O)c(=O)c2cc(Cl)nnc21. The van der Waals surface area contributed by atoms with Gasteiger partial charge in [-0.2, -0.15) is 0 Å². The Bertz CT molecular complexity index is 951. The van der Waals surface area contributed by atoms with Crippen LogP contribution >= 0.6 is 11.6 Å². The molecule has 0 radical (unpaired) electrons. The Morgan fingerprint density at radius 3 is 2.43 bits per heavy atom. The van der Waals surface area contributed by atoms with Crippen LogP contribution in [0.3, 0.4) is 0 Å². The van der Waals surface area contributed by atoms with Gasteiger partial charge in [-0.25, -0.2) is 4.79 Å². The summed E-state index contributed by atoms with van der Waals surface area (Å²) in [6, 6.07) is 1.15. The van der Waals surface area contributed by atoms with E-state index < -0.39 is 19.7 Å². The van der Waals surface area contributed by atoms with Crippen molar-refractivity contribution in [2.45, 2.75) is 58.8 Å². The number of hydrogen-bond donors (Lipinski definition) is 1. The summed E-state index contributed by atoms with van der Waals surface area (Å²) in [7, 11) is -2.02. The first-order valence-electron chi connectivity index (χ1n) is 9.21. The van der Waals surface area contributed by atoms with Crippen molar-refractivity contribution in [1.82, 2.24) is 14.8 Å². The van der Waals surface area contributed by atoms with Crippen LogP contribution in [0, 0.1) is 5.92 Å². The van der Waals surface area contributed by atoms with Crippen LogP contribution in [0.1, 0.15) is 51.0 Å². The summed E-state index contributed by atoms with van der Waals surface area (Å²) >= 11 is 5.90. The summed E-state index contributed by atoms with van der Waals surface area (Å²) in [5, 5.41) is 17.6. The van der Waals surface area contributed by atoms with Gasteiger partial charge < -0.3 is 14.1 Å². The molecule has 1 N–H and O–H groups in total.